The number of H-pyrrole nitrogens is 1. The van der Waals surface area contributed by atoms with Gasteiger partial charge in [0.2, 0.25) is 29.5 Å². The third-order valence-electron chi connectivity index (χ3n) is 7.07. The van der Waals surface area contributed by atoms with E-state index >= 15 is 0 Å². The smallest absolute Gasteiger partial charge is 0.326 e. The number of fused-ring (bicyclic) bond motifs is 1. The van der Waals surface area contributed by atoms with Crippen molar-refractivity contribution < 1.29 is 39.0 Å². The lowest BCUT2D eigenvalue weighted by Crippen LogP contribution is -2.58. The third-order valence-corrected chi connectivity index (χ3v) is 7.07. The normalized spacial score (nSPS) is 13.6. The van der Waals surface area contributed by atoms with Gasteiger partial charge in [0.1, 0.15) is 23.9 Å². The molecule has 45 heavy (non-hydrogen) atoms. The fourth-order valence-corrected chi connectivity index (χ4v) is 4.61. The van der Waals surface area contributed by atoms with Gasteiger partial charge in [0.05, 0.1) is 6.04 Å². The second kappa shape index (κ2) is 15.9. The van der Waals surface area contributed by atoms with Crippen molar-refractivity contribution in [3.63, 3.8) is 0 Å². The number of amides is 5. The number of phenols is 1. The molecule has 1 aromatic heterocycles. The topological polar surface area (TPSA) is 273 Å². The predicted molar refractivity (Wildman–Crippen MR) is 162 cm³/mol. The van der Waals surface area contributed by atoms with Crippen LogP contribution in [-0.2, 0) is 41.6 Å². The molecule has 0 saturated carbocycles. The van der Waals surface area contributed by atoms with E-state index in [1.807, 2.05) is 18.2 Å². The molecule has 3 rings (SSSR count). The number of carbonyl (C=O) groups excluding carboxylic acids is 5. The number of primary amides is 2. The largest absolute Gasteiger partial charge is 0.508 e. The van der Waals surface area contributed by atoms with Crippen LogP contribution in [0, 0.1) is 0 Å². The monoisotopic (exact) mass is 623 g/mol. The fraction of sp³-hybridized carbons (Fsp3) is 0.333. The number of nitrogens with one attached hydrogen (secondary N) is 4. The Bertz CT molecular complexity index is 1540. The molecule has 15 nitrogen and oxygen atoms in total. The number of hydrogen-bond acceptors (Lipinski definition) is 8. The summed E-state index contributed by atoms with van der Waals surface area (Å²) >= 11 is 0. The molecule has 2 aromatic carbocycles. The summed E-state index contributed by atoms with van der Waals surface area (Å²) in [7, 11) is 0. The van der Waals surface area contributed by atoms with Crippen molar-refractivity contribution in [1.29, 1.82) is 0 Å². The first kappa shape index (κ1) is 34.1. The summed E-state index contributed by atoms with van der Waals surface area (Å²) in [5.74, 6) is -5.26. The average Bonchev–Trinajstić information content (AvgIpc) is 3.40. The lowest BCUT2D eigenvalue weighted by molar-refractivity contribution is -0.142. The molecule has 4 atom stereocenters. The SMILES string of the molecule is NC(=O)CCC(N)C(=O)NC(CCC(N)=O)C(=O)NC(Cc1ccc(O)cc1)C(=O)NC(Cc1c[nH]c2ccccc12)C(=O)O. The van der Waals surface area contributed by atoms with Crippen molar-refractivity contribution in [3.8, 4) is 5.75 Å². The molecule has 0 saturated heterocycles. The second-order valence-electron chi connectivity index (χ2n) is 10.6. The third kappa shape index (κ3) is 10.4. The number of aromatic nitrogens is 1. The summed E-state index contributed by atoms with van der Waals surface area (Å²) in [5.41, 5.74) is 18.1. The van der Waals surface area contributed by atoms with Crippen molar-refractivity contribution >= 4 is 46.4 Å². The Balaban J connectivity index is 1.82. The van der Waals surface area contributed by atoms with Gasteiger partial charge in [-0.1, -0.05) is 30.3 Å². The fourth-order valence-electron chi connectivity index (χ4n) is 4.61. The van der Waals surface area contributed by atoms with Crippen LogP contribution in [0.4, 0.5) is 0 Å². The molecule has 0 radical (unpaired) electrons. The minimum absolute atomic E-state index is 0.0321. The lowest BCUT2D eigenvalue weighted by Gasteiger charge is -2.25. The quantitative estimate of drug-likeness (QED) is 0.0896. The number of nitrogens with two attached hydrogens (primary N) is 3. The predicted octanol–water partition coefficient (Wildman–Crippen LogP) is -0.944. The molecule has 0 aliphatic carbocycles. The highest BCUT2D eigenvalue weighted by Gasteiger charge is 2.31. The standard InChI is InChI=1S/C30H37N7O8/c31-20(9-11-25(32)39)27(41)35-22(10-12-26(33)40)28(42)36-23(13-16-5-7-18(38)8-6-16)29(43)37-24(30(44)45)14-17-15-34-21-4-2-1-3-19(17)21/h1-8,15,20,22-24,34,38H,9-14,31H2,(H2,32,39)(H2,33,40)(H,35,41)(H,36,42)(H,37,43)(H,44,45). The Morgan fingerprint density at radius 1 is 0.733 bits per heavy atom. The van der Waals surface area contributed by atoms with E-state index in [4.69, 9.17) is 17.2 Å². The lowest BCUT2D eigenvalue weighted by atomic mass is 10.0. The van der Waals surface area contributed by atoms with Gasteiger partial charge >= 0.3 is 5.97 Å². The highest BCUT2D eigenvalue weighted by Crippen LogP contribution is 2.19. The molecule has 3 aromatic rings. The van der Waals surface area contributed by atoms with Gasteiger partial charge in [-0.25, -0.2) is 4.79 Å². The Kier molecular flexibility index (Phi) is 12.0. The summed E-state index contributed by atoms with van der Waals surface area (Å²) in [5, 5.41) is 27.8. The van der Waals surface area contributed by atoms with Crippen LogP contribution < -0.4 is 33.2 Å². The van der Waals surface area contributed by atoms with E-state index < -0.39 is 59.7 Å². The summed E-state index contributed by atoms with van der Waals surface area (Å²) in [6.07, 6.45) is 0.672. The van der Waals surface area contributed by atoms with Crippen molar-refractivity contribution in [3.05, 3.63) is 65.9 Å². The maximum atomic E-state index is 13.6. The van der Waals surface area contributed by atoms with Gasteiger partial charge < -0.3 is 48.3 Å². The average molecular weight is 624 g/mol. The maximum Gasteiger partial charge on any atom is 0.326 e. The molecule has 0 spiro atoms. The highest BCUT2D eigenvalue weighted by atomic mass is 16.4. The number of phenolic OH excluding ortho intramolecular Hbond substituents is 1. The number of aliphatic carboxylic acids is 1. The summed E-state index contributed by atoms with van der Waals surface area (Å²) in [6, 6.07) is 7.80. The molecule has 5 amide bonds. The number of rotatable bonds is 17. The zero-order valence-corrected chi connectivity index (χ0v) is 24.3. The molecular weight excluding hydrogens is 586 g/mol. The number of carboxylic acid groups (broad SMARTS) is 1. The van der Waals surface area contributed by atoms with Gasteiger partial charge in [-0.3, -0.25) is 24.0 Å². The number of benzene rings is 2. The zero-order valence-electron chi connectivity index (χ0n) is 24.3. The van der Waals surface area contributed by atoms with Gasteiger partial charge in [0, 0.05) is 42.8 Å². The molecule has 0 bridgehead atoms. The minimum Gasteiger partial charge on any atom is -0.508 e. The van der Waals surface area contributed by atoms with E-state index in [0.717, 1.165) is 10.9 Å². The van der Waals surface area contributed by atoms with Crippen LogP contribution in [0.15, 0.2) is 54.7 Å². The van der Waals surface area contributed by atoms with Crippen molar-refractivity contribution in [2.45, 2.75) is 62.7 Å². The molecular formula is C30H37N7O8. The van der Waals surface area contributed by atoms with Crippen LogP contribution in [0.2, 0.25) is 0 Å². The number of para-hydroxylation sites is 1. The van der Waals surface area contributed by atoms with Gasteiger partial charge in [0.15, 0.2) is 0 Å². The van der Waals surface area contributed by atoms with Crippen LogP contribution >= 0.6 is 0 Å². The number of aromatic amines is 1. The van der Waals surface area contributed by atoms with Crippen molar-refractivity contribution in [2.24, 2.45) is 17.2 Å². The molecule has 12 N–H and O–H groups in total. The Labute approximate surface area is 257 Å². The molecule has 240 valence electrons. The molecule has 0 aliphatic heterocycles. The Morgan fingerprint density at radius 3 is 1.96 bits per heavy atom. The van der Waals surface area contributed by atoms with E-state index in [0.29, 0.717) is 11.1 Å². The molecule has 15 heteroatoms. The molecule has 1 heterocycles. The van der Waals surface area contributed by atoms with Crippen LogP contribution in [0.25, 0.3) is 10.9 Å². The number of carboxylic acids is 1. The second-order valence-corrected chi connectivity index (χ2v) is 10.6. The number of hydrogen-bond donors (Lipinski definition) is 9. The minimum atomic E-state index is -1.37. The number of carbonyl (C=O) groups is 6. The van der Waals surface area contributed by atoms with E-state index in [1.165, 1.54) is 24.3 Å². The van der Waals surface area contributed by atoms with Crippen LogP contribution in [0.3, 0.4) is 0 Å². The Hall–Kier alpha value is -5.44. The molecule has 4 unspecified atom stereocenters. The Morgan fingerprint density at radius 2 is 1.31 bits per heavy atom. The summed E-state index contributed by atoms with van der Waals surface area (Å²) in [4.78, 5) is 77.5. The van der Waals surface area contributed by atoms with Gasteiger partial charge in [0.25, 0.3) is 0 Å². The molecule has 0 fully saturated rings. The first-order valence-corrected chi connectivity index (χ1v) is 14.1. The van der Waals surface area contributed by atoms with Gasteiger partial charge in [-0.05, 0) is 42.2 Å². The zero-order chi connectivity index (χ0) is 33.1. The summed E-state index contributed by atoms with van der Waals surface area (Å²) < 4.78 is 0. The first-order chi connectivity index (χ1) is 21.3. The van der Waals surface area contributed by atoms with E-state index in [9.17, 15) is 39.0 Å². The van der Waals surface area contributed by atoms with Gasteiger partial charge in [-0.15, -0.1) is 0 Å². The molecule has 0 aliphatic rings. The first-order valence-electron chi connectivity index (χ1n) is 14.1. The van der Waals surface area contributed by atoms with Crippen LogP contribution in [-0.4, -0.2) is 74.9 Å². The summed E-state index contributed by atoms with van der Waals surface area (Å²) in [6.45, 7) is 0. The van der Waals surface area contributed by atoms with Crippen molar-refractivity contribution in [1.82, 2.24) is 20.9 Å². The van der Waals surface area contributed by atoms with E-state index in [-0.39, 0.29) is 44.3 Å². The highest BCUT2D eigenvalue weighted by molar-refractivity contribution is 5.95. The van der Waals surface area contributed by atoms with E-state index in [1.54, 1.807) is 12.3 Å². The maximum absolute atomic E-state index is 13.6. The van der Waals surface area contributed by atoms with E-state index in [2.05, 4.69) is 20.9 Å². The number of aromatic hydroxyl groups is 1. The van der Waals surface area contributed by atoms with Crippen LogP contribution in [0.1, 0.15) is 36.8 Å². The van der Waals surface area contributed by atoms with Crippen LogP contribution in [0.5, 0.6) is 5.75 Å². The van der Waals surface area contributed by atoms with Crippen molar-refractivity contribution in [2.75, 3.05) is 0 Å². The van der Waals surface area contributed by atoms with Gasteiger partial charge in [-0.2, -0.15) is 0 Å².